The number of anilines is 2. The molecule has 1 aromatic heterocycles. The quantitative estimate of drug-likeness (QED) is 0.173. The molecule has 52 heavy (non-hydrogen) atoms. The van der Waals surface area contributed by atoms with E-state index in [1.807, 2.05) is 0 Å². The first-order valence-electron chi connectivity index (χ1n) is 15.5. The third kappa shape index (κ3) is 7.25. The number of nitrogens with zero attached hydrogens (tertiary/aromatic N) is 2. The van der Waals surface area contributed by atoms with Crippen LogP contribution in [0.2, 0.25) is 0 Å². The molecule has 2 aliphatic heterocycles. The zero-order valence-electron chi connectivity index (χ0n) is 26.9. The number of piperidine rings is 1. The number of halogens is 7. The number of rotatable bonds is 7. The number of fused-ring (bicyclic) bond motifs is 1. The second-order valence-electron chi connectivity index (χ2n) is 12.1. The van der Waals surface area contributed by atoms with Crippen LogP contribution in [0.25, 0.3) is 10.1 Å². The second kappa shape index (κ2) is 13.7. The maximum absolute atomic E-state index is 13.9. The van der Waals surface area contributed by atoms with E-state index in [1.54, 1.807) is 6.07 Å². The molecule has 1 fully saturated rings. The fraction of sp³-hybridized carbons (Fsp3) is 0.294. The number of oxime groups is 1. The van der Waals surface area contributed by atoms with Crippen LogP contribution >= 0.6 is 11.3 Å². The van der Waals surface area contributed by atoms with E-state index >= 15 is 0 Å². The highest BCUT2D eigenvalue weighted by atomic mass is 32.1. The Kier molecular flexibility index (Phi) is 9.65. The molecule has 3 N–H and O–H groups in total. The molecule has 1 saturated heterocycles. The lowest BCUT2D eigenvalue weighted by Crippen LogP contribution is -2.47. The number of aliphatic hydroxyl groups excluding tert-OH is 1. The molecule has 0 aliphatic carbocycles. The summed E-state index contributed by atoms with van der Waals surface area (Å²) in [5.74, 6) is -3.83. The van der Waals surface area contributed by atoms with Crippen LogP contribution in [0.3, 0.4) is 0 Å². The minimum atomic E-state index is -5.09. The highest BCUT2D eigenvalue weighted by molar-refractivity contribution is 7.21. The van der Waals surface area contributed by atoms with Gasteiger partial charge in [0.2, 0.25) is 5.91 Å². The van der Waals surface area contributed by atoms with E-state index in [1.165, 1.54) is 24.1 Å². The van der Waals surface area contributed by atoms with Gasteiger partial charge >= 0.3 is 12.4 Å². The lowest BCUT2D eigenvalue weighted by atomic mass is 9.85. The molecule has 0 unspecified atom stereocenters. The fourth-order valence-electron chi connectivity index (χ4n) is 6.02. The number of thiophene rings is 1. The van der Waals surface area contributed by atoms with E-state index in [9.17, 15) is 50.2 Å². The Morgan fingerprint density at radius 1 is 0.962 bits per heavy atom. The Morgan fingerprint density at radius 2 is 1.69 bits per heavy atom. The molecule has 3 aromatic carbocycles. The van der Waals surface area contributed by atoms with Crippen LogP contribution in [0.15, 0.2) is 59.8 Å². The van der Waals surface area contributed by atoms with E-state index in [4.69, 9.17) is 9.57 Å². The summed E-state index contributed by atoms with van der Waals surface area (Å²) < 4.78 is 99.9. The number of amides is 3. The van der Waals surface area contributed by atoms with Gasteiger partial charge in [0.05, 0.1) is 35.2 Å². The van der Waals surface area contributed by atoms with Crippen LogP contribution in [0.5, 0.6) is 5.75 Å². The Bertz CT molecular complexity index is 2110. The SMILES string of the molecule is COc1ccc(C2=NOC3(CCN(C(=O)CO)CC3)C2)cc1C(=O)Nc1c(C(=O)Nc2ccc(F)c(C(F)(F)F)c2)sc2cc(C(F)(F)F)ccc12. The van der Waals surface area contributed by atoms with Crippen molar-refractivity contribution in [2.45, 2.75) is 37.2 Å². The van der Waals surface area contributed by atoms with E-state index in [2.05, 4.69) is 15.8 Å². The third-order valence-corrected chi connectivity index (χ3v) is 9.92. The van der Waals surface area contributed by atoms with Crippen molar-refractivity contribution in [3.8, 4) is 5.75 Å². The average molecular weight is 753 g/mol. The molecule has 6 rings (SSSR count). The van der Waals surface area contributed by atoms with Crippen LogP contribution in [0, 0.1) is 5.82 Å². The van der Waals surface area contributed by atoms with Gasteiger partial charge in [-0.2, -0.15) is 26.3 Å². The van der Waals surface area contributed by atoms with Gasteiger partial charge in [-0.15, -0.1) is 11.3 Å². The Balaban J connectivity index is 1.31. The summed E-state index contributed by atoms with van der Waals surface area (Å²) >= 11 is 0.552. The van der Waals surface area contributed by atoms with Gasteiger partial charge < -0.3 is 30.2 Å². The number of benzene rings is 3. The smallest absolute Gasteiger partial charge is 0.419 e. The van der Waals surface area contributed by atoms with Crippen LogP contribution in [-0.2, 0) is 22.0 Å². The molecule has 0 radical (unpaired) electrons. The van der Waals surface area contributed by atoms with E-state index in [-0.39, 0.29) is 32.0 Å². The third-order valence-electron chi connectivity index (χ3n) is 8.77. The first kappa shape index (κ1) is 36.6. The number of hydrogen-bond acceptors (Lipinski definition) is 8. The molecule has 274 valence electrons. The summed E-state index contributed by atoms with van der Waals surface area (Å²) in [7, 11) is 1.30. The van der Waals surface area contributed by atoms with E-state index in [0.717, 1.165) is 24.3 Å². The van der Waals surface area contributed by atoms with Gasteiger partial charge in [0.15, 0.2) is 0 Å². The lowest BCUT2D eigenvalue weighted by Gasteiger charge is -2.36. The zero-order chi connectivity index (χ0) is 37.6. The first-order chi connectivity index (χ1) is 24.5. The number of carbonyl (C=O) groups is 3. The van der Waals surface area contributed by atoms with Crippen LogP contribution < -0.4 is 15.4 Å². The van der Waals surface area contributed by atoms with Crippen LogP contribution in [0.1, 0.15) is 56.0 Å². The maximum Gasteiger partial charge on any atom is 0.419 e. The maximum atomic E-state index is 13.9. The fourth-order valence-corrected chi connectivity index (χ4v) is 7.11. The molecule has 0 atom stereocenters. The van der Waals surface area contributed by atoms with Gasteiger partial charge in [-0.25, -0.2) is 4.39 Å². The van der Waals surface area contributed by atoms with Crippen molar-refractivity contribution in [1.29, 1.82) is 0 Å². The van der Waals surface area contributed by atoms with Crippen molar-refractivity contribution in [3.63, 3.8) is 0 Å². The summed E-state index contributed by atoms with van der Waals surface area (Å²) in [6.07, 6.45) is -8.62. The molecule has 10 nitrogen and oxygen atoms in total. The van der Waals surface area contributed by atoms with Crippen molar-refractivity contribution in [2.75, 3.05) is 37.4 Å². The standard InChI is InChI=1S/C34H27F7N4O6S/c1-50-25-7-2-17(24-15-32(51-44-24)8-10-45(11-9-32)27(47)16-46)12-21(25)30(48)43-28-20-5-3-18(33(36,37)38)13-26(20)52-29(28)31(49)42-19-4-6-23(35)22(14-19)34(39,40)41/h2-7,12-14,46H,8-11,15-16H2,1H3,(H,42,49)(H,43,48). The molecule has 0 saturated carbocycles. The predicted molar refractivity (Wildman–Crippen MR) is 175 cm³/mol. The number of carbonyl (C=O) groups excluding carboxylic acids is 3. The van der Waals surface area contributed by atoms with Gasteiger partial charge in [-0.1, -0.05) is 11.2 Å². The number of aliphatic hydroxyl groups is 1. The Morgan fingerprint density at radius 3 is 2.35 bits per heavy atom. The number of ether oxygens (including phenoxy) is 1. The van der Waals surface area contributed by atoms with Gasteiger partial charge in [0.1, 0.15) is 28.7 Å². The minimum Gasteiger partial charge on any atom is -0.496 e. The predicted octanol–water partition coefficient (Wildman–Crippen LogP) is 7.07. The molecular weight excluding hydrogens is 725 g/mol. The monoisotopic (exact) mass is 752 g/mol. The zero-order valence-corrected chi connectivity index (χ0v) is 27.7. The van der Waals surface area contributed by atoms with Gasteiger partial charge in [0, 0.05) is 53.7 Å². The summed E-state index contributed by atoms with van der Waals surface area (Å²) in [5.41, 5.74) is -3.19. The molecule has 3 amide bonds. The van der Waals surface area contributed by atoms with Gasteiger partial charge in [-0.3, -0.25) is 14.4 Å². The van der Waals surface area contributed by atoms with Crippen LogP contribution in [0.4, 0.5) is 42.1 Å². The van der Waals surface area contributed by atoms with Crippen LogP contribution in [-0.4, -0.2) is 65.8 Å². The summed E-state index contributed by atoms with van der Waals surface area (Å²) in [6, 6.07) is 8.90. The van der Waals surface area contributed by atoms with Crippen molar-refractivity contribution in [1.82, 2.24) is 4.90 Å². The van der Waals surface area contributed by atoms with Crippen molar-refractivity contribution in [3.05, 3.63) is 87.5 Å². The first-order valence-corrected chi connectivity index (χ1v) is 16.3. The highest BCUT2D eigenvalue weighted by Gasteiger charge is 2.43. The normalized spacial score (nSPS) is 15.7. The number of methoxy groups -OCH3 is 1. The van der Waals surface area contributed by atoms with Crippen molar-refractivity contribution in [2.24, 2.45) is 5.16 Å². The highest BCUT2D eigenvalue weighted by Crippen LogP contribution is 2.42. The van der Waals surface area contributed by atoms with E-state index < -0.39 is 64.9 Å². The number of nitrogens with one attached hydrogen (secondary N) is 2. The van der Waals surface area contributed by atoms with Gasteiger partial charge in [0.25, 0.3) is 11.8 Å². The Labute approximate surface area is 293 Å². The summed E-state index contributed by atoms with van der Waals surface area (Å²) in [6.45, 7) is 0.0848. The second-order valence-corrected chi connectivity index (χ2v) is 13.1. The molecule has 4 aromatic rings. The molecule has 1 spiro atoms. The minimum absolute atomic E-state index is 0.0308. The molecule has 2 aliphatic rings. The molecule has 0 bridgehead atoms. The molecule has 3 heterocycles. The summed E-state index contributed by atoms with van der Waals surface area (Å²) in [5, 5.41) is 18.2. The largest absolute Gasteiger partial charge is 0.496 e. The summed E-state index contributed by atoms with van der Waals surface area (Å²) in [4.78, 5) is 46.2. The average Bonchev–Trinajstić information content (AvgIpc) is 3.69. The number of likely N-dealkylation sites (tertiary alicyclic amines) is 1. The number of alkyl halides is 6. The van der Waals surface area contributed by atoms with Crippen molar-refractivity contribution < 1.29 is 59.8 Å². The van der Waals surface area contributed by atoms with Gasteiger partial charge in [-0.05, 0) is 48.5 Å². The molecular formula is C34H27F7N4O6S. The number of hydrogen-bond donors (Lipinski definition) is 3. The topological polar surface area (TPSA) is 130 Å². The van der Waals surface area contributed by atoms with Crippen molar-refractivity contribution >= 4 is 56.2 Å². The lowest BCUT2D eigenvalue weighted by molar-refractivity contribution is -0.140. The molecule has 18 heteroatoms. The van der Waals surface area contributed by atoms with E-state index in [0.29, 0.717) is 67.1 Å². The Hall–Kier alpha value is -5.23.